The van der Waals surface area contributed by atoms with Gasteiger partial charge in [0, 0.05) is 25.2 Å². The lowest BCUT2D eigenvalue weighted by atomic mass is 10.2. The van der Waals surface area contributed by atoms with Crippen molar-refractivity contribution in [3.05, 3.63) is 0 Å². The third kappa shape index (κ3) is 3.80. The first kappa shape index (κ1) is 12.5. The van der Waals surface area contributed by atoms with Crippen molar-refractivity contribution in [2.24, 2.45) is 5.73 Å². The van der Waals surface area contributed by atoms with Crippen molar-refractivity contribution in [2.75, 3.05) is 13.1 Å². The number of carbonyl (C=O) groups excluding carboxylic acids is 1. The highest BCUT2D eigenvalue weighted by Gasteiger charge is 2.34. The van der Waals surface area contributed by atoms with E-state index in [1.54, 1.807) is 0 Å². The van der Waals surface area contributed by atoms with Crippen LogP contribution in [-0.4, -0.2) is 42.0 Å². The van der Waals surface area contributed by atoms with E-state index in [1.807, 2.05) is 20.8 Å². The van der Waals surface area contributed by atoms with E-state index in [2.05, 4.69) is 10.2 Å². The summed E-state index contributed by atoms with van der Waals surface area (Å²) in [6.07, 6.45) is 2.42. The Morgan fingerprint density at radius 3 is 2.47 bits per heavy atom. The minimum absolute atomic E-state index is 0.0524. The van der Waals surface area contributed by atoms with Crippen LogP contribution >= 0.6 is 0 Å². The summed E-state index contributed by atoms with van der Waals surface area (Å²) in [5, 5.41) is 2.94. The van der Waals surface area contributed by atoms with Crippen LogP contribution in [0.2, 0.25) is 0 Å². The van der Waals surface area contributed by atoms with Crippen molar-refractivity contribution < 1.29 is 4.79 Å². The Kier molecular flexibility index (Phi) is 4.54. The molecular weight excluding hydrogens is 190 g/mol. The molecule has 15 heavy (non-hydrogen) atoms. The second-order valence-electron chi connectivity index (χ2n) is 4.60. The van der Waals surface area contributed by atoms with E-state index in [-0.39, 0.29) is 18.0 Å². The molecule has 4 heteroatoms. The quantitative estimate of drug-likeness (QED) is 0.668. The molecule has 1 unspecified atom stereocenters. The van der Waals surface area contributed by atoms with Crippen LogP contribution in [0, 0.1) is 0 Å². The molecule has 3 N–H and O–H groups in total. The SMILES string of the molecule is CC(C)NC(=O)C(C)N(CCN)C1CC1. The van der Waals surface area contributed by atoms with Crippen molar-refractivity contribution >= 4 is 5.91 Å². The Labute approximate surface area is 92.2 Å². The molecule has 0 spiro atoms. The van der Waals surface area contributed by atoms with Crippen LogP contribution in [0.3, 0.4) is 0 Å². The minimum Gasteiger partial charge on any atom is -0.353 e. The van der Waals surface area contributed by atoms with Crippen LogP contribution < -0.4 is 11.1 Å². The van der Waals surface area contributed by atoms with Gasteiger partial charge < -0.3 is 11.1 Å². The molecule has 0 aliphatic heterocycles. The number of amides is 1. The first-order valence-corrected chi connectivity index (χ1v) is 5.82. The highest BCUT2D eigenvalue weighted by molar-refractivity contribution is 5.81. The molecule has 1 rings (SSSR count). The average molecular weight is 213 g/mol. The first-order valence-electron chi connectivity index (χ1n) is 5.82. The molecule has 1 amide bonds. The summed E-state index contributed by atoms with van der Waals surface area (Å²) < 4.78 is 0. The molecule has 1 saturated carbocycles. The topological polar surface area (TPSA) is 58.4 Å². The van der Waals surface area contributed by atoms with E-state index in [0.717, 1.165) is 6.54 Å². The van der Waals surface area contributed by atoms with Gasteiger partial charge >= 0.3 is 0 Å². The van der Waals surface area contributed by atoms with Crippen molar-refractivity contribution in [2.45, 2.75) is 51.7 Å². The van der Waals surface area contributed by atoms with E-state index in [4.69, 9.17) is 5.73 Å². The monoisotopic (exact) mass is 213 g/mol. The van der Waals surface area contributed by atoms with Crippen molar-refractivity contribution in [1.29, 1.82) is 0 Å². The van der Waals surface area contributed by atoms with Gasteiger partial charge in [-0.05, 0) is 33.6 Å². The summed E-state index contributed by atoms with van der Waals surface area (Å²) in [5.41, 5.74) is 5.56. The number of nitrogens with one attached hydrogen (secondary N) is 1. The minimum atomic E-state index is -0.0524. The lowest BCUT2D eigenvalue weighted by molar-refractivity contribution is -0.126. The van der Waals surface area contributed by atoms with E-state index in [0.29, 0.717) is 12.6 Å². The van der Waals surface area contributed by atoms with Gasteiger partial charge in [0.2, 0.25) is 5.91 Å². The van der Waals surface area contributed by atoms with Crippen LogP contribution in [0.25, 0.3) is 0 Å². The summed E-state index contributed by atoms with van der Waals surface area (Å²) in [5.74, 6) is 0.116. The number of hydrogen-bond acceptors (Lipinski definition) is 3. The summed E-state index contributed by atoms with van der Waals surface area (Å²) >= 11 is 0. The zero-order valence-corrected chi connectivity index (χ0v) is 9.99. The van der Waals surface area contributed by atoms with Gasteiger partial charge in [0.05, 0.1) is 6.04 Å². The summed E-state index contributed by atoms with van der Waals surface area (Å²) in [4.78, 5) is 14.0. The maximum absolute atomic E-state index is 11.8. The van der Waals surface area contributed by atoms with E-state index < -0.39 is 0 Å². The standard InChI is InChI=1S/C11H23N3O/c1-8(2)13-11(15)9(3)14(7-6-12)10-4-5-10/h8-10H,4-7,12H2,1-3H3,(H,13,15). The molecule has 1 aliphatic carbocycles. The molecule has 0 saturated heterocycles. The largest absolute Gasteiger partial charge is 0.353 e. The molecular formula is C11H23N3O. The van der Waals surface area contributed by atoms with Crippen LogP contribution in [0.5, 0.6) is 0 Å². The highest BCUT2D eigenvalue weighted by Crippen LogP contribution is 2.28. The number of hydrogen-bond donors (Lipinski definition) is 2. The van der Waals surface area contributed by atoms with Gasteiger partial charge in [-0.15, -0.1) is 0 Å². The second kappa shape index (κ2) is 5.47. The molecule has 1 fully saturated rings. The van der Waals surface area contributed by atoms with E-state index >= 15 is 0 Å². The molecule has 0 aromatic rings. The molecule has 0 radical (unpaired) electrons. The fourth-order valence-electron chi connectivity index (χ4n) is 1.80. The van der Waals surface area contributed by atoms with Crippen molar-refractivity contribution in [3.63, 3.8) is 0 Å². The predicted octanol–water partition coefficient (Wildman–Crippen LogP) is 0.323. The molecule has 4 nitrogen and oxygen atoms in total. The van der Waals surface area contributed by atoms with Gasteiger partial charge in [0.1, 0.15) is 0 Å². The molecule has 0 aromatic heterocycles. The Morgan fingerprint density at radius 1 is 1.47 bits per heavy atom. The molecule has 1 atom stereocenters. The number of rotatable bonds is 6. The molecule has 0 aromatic carbocycles. The van der Waals surface area contributed by atoms with Gasteiger partial charge in [-0.2, -0.15) is 0 Å². The highest BCUT2D eigenvalue weighted by atomic mass is 16.2. The van der Waals surface area contributed by atoms with E-state index in [1.165, 1.54) is 12.8 Å². The molecule has 88 valence electrons. The second-order valence-corrected chi connectivity index (χ2v) is 4.60. The van der Waals surface area contributed by atoms with Gasteiger partial charge in [0.15, 0.2) is 0 Å². The lowest BCUT2D eigenvalue weighted by Gasteiger charge is -2.28. The number of nitrogens with two attached hydrogens (primary N) is 1. The third-order valence-corrected chi connectivity index (χ3v) is 2.71. The van der Waals surface area contributed by atoms with Crippen LogP contribution in [-0.2, 0) is 4.79 Å². The summed E-state index contributed by atoms with van der Waals surface area (Å²) in [6.45, 7) is 7.36. The van der Waals surface area contributed by atoms with Gasteiger partial charge in [-0.25, -0.2) is 0 Å². The number of nitrogens with zero attached hydrogens (tertiary/aromatic N) is 1. The average Bonchev–Trinajstić information content (AvgIpc) is 2.95. The van der Waals surface area contributed by atoms with Crippen LogP contribution in [0.15, 0.2) is 0 Å². The Bertz CT molecular complexity index is 214. The van der Waals surface area contributed by atoms with Crippen molar-refractivity contribution in [3.8, 4) is 0 Å². The Morgan fingerprint density at radius 2 is 2.07 bits per heavy atom. The van der Waals surface area contributed by atoms with Crippen LogP contribution in [0.1, 0.15) is 33.6 Å². The summed E-state index contributed by atoms with van der Waals surface area (Å²) in [6, 6.07) is 0.740. The lowest BCUT2D eigenvalue weighted by Crippen LogP contribution is -2.49. The fourth-order valence-corrected chi connectivity index (χ4v) is 1.80. The maximum atomic E-state index is 11.8. The fraction of sp³-hybridized carbons (Fsp3) is 0.909. The molecule has 0 heterocycles. The maximum Gasteiger partial charge on any atom is 0.237 e. The Hall–Kier alpha value is -0.610. The normalized spacial score (nSPS) is 18.3. The third-order valence-electron chi connectivity index (χ3n) is 2.71. The smallest absolute Gasteiger partial charge is 0.237 e. The van der Waals surface area contributed by atoms with E-state index in [9.17, 15) is 4.79 Å². The van der Waals surface area contributed by atoms with Crippen LogP contribution in [0.4, 0.5) is 0 Å². The van der Waals surface area contributed by atoms with Crippen molar-refractivity contribution in [1.82, 2.24) is 10.2 Å². The van der Waals surface area contributed by atoms with Gasteiger partial charge in [-0.3, -0.25) is 9.69 Å². The zero-order chi connectivity index (χ0) is 11.4. The molecule has 1 aliphatic rings. The van der Waals surface area contributed by atoms with Gasteiger partial charge in [-0.1, -0.05) is 0 Å². The number of carbonyl (C=O) groups is 1. The molecule has 0 bridgehead atoms. The summed E-state index contributed by atoms with van der Waals surface area (Å²) in [7, 11) is 0. The van der Waals surface area contributed by atoms with Gasteiger partial charge in [0.25, 0.3) is 0 Å². The predicted molar refractivity (Wildman–Crippen MR) is 61.5 cm³/mol. The zero-order valence-electron chi connectivity index (χ0n) is 9.99. The Balaban J connectivity index is 2.46. The first-order chi connectivity index (χ1) is 7.06.